The summed E-state index contributed by atoms with van der Waals surface area (Å²) in [5.41, 5.74) is 0.691. The number of furan rings is 1. The molecule has 0 fully saturated rings. The number of hydrogen-bond donors (Lipinski definition) is 1. The predicted octanol–water partition coefficient (Wildman–Crippen LogP) is 2.41. The summed E-state index contributed by atoms with van der Waals surface area (Å²) in [4.78, 5) is 11.3. The first-order chi connectivity index (χ1) is 9.38. The molecule has 0 saturated carbocycles. The van der Waals surface area contributed by atoms with E-state index in [1.165, 1.54) is 18.0 Å². The molecule has 0 bridgehead atoms. The Morgan fingerprint density at radius 1 is 1.35 bits per heavy atom. The van der Waals surface area contributed by atoms with Crippen LogP contribution in [0.5, 0.6) is 0 Å². The van der Waals surface area contributed by atoms with Gasteiger partial charge in [-0.15, -0.1) is 0 Å². The fraction of sp³-hybridized carbons (Fsp3) is 0.308. The highest BCUT2D eigenvalue weighted by atomic mass is 32.2. The van der Waals surface area contributed by atoms with Crippen LogP contribution in [0.4, 0.5) is 0 Å². The topological polar surface area (TPSA) is 84.6 Å². The zero-order valence-corrected chi connectivity index (χ0v) is 12.5. The van der Waals surface area contributed by atoms with E-state index in [0.717, 1.165) is 0 Å². The SMILES string of the molecule is CS(=O)(=O)CCSCc1oc2ccccc2c1C(=O)O. The Morgan fingerprint density at radius 3 is 2.70 bits per heavy atom. The summed E-state index contributed by atoms with van der Waals surface area (Å²) in [7, 11) is -3.00. The van der Waals surface area contributed by atoms with Crippen LogP contribution in [-0.2, 0) is 15.6 Å². The van der Waals surface area contributed by atoms with Gasteiger partial charge in [0, 0.05) is 17.4 Å². The molecule has 0 amide bonds. The second-order valence-electron chi connectivity index (χ2n) is 4.38. The van der Waals surface area contributed by atoms with E-state index < -0.39 is 15.8 Å². The Morgan fingerprint density at radius 2 is 2.05 bits per heavy atom. The van der Waals surface area contributed by atoms with Gasteiger partial charge < -0.3 is 9.52 Å². The number of thioether (sulfide) groups is 1. The maximum absolute atomic E-state index is 11.3. The highest BCUT2D eigenvalue weighted by molar-refractivity contribution is 7.99. The Labute approximate surface area is 120 Å². The summed E-state index contributed by atoms with van der Waals surface area (Å²) in [6.07, 6.45) is 1.18. The molecule has 1 aromatic heterocycles. The number of carbonyl (C=O) groups is 1. The average molecular weight is 314 g/mol. The normalized spacial score (nSPS) is 11.8. The number of rotatable bonds is 6. The van der Waals surface area contributed by atoms with Crippen LogP contribution >= 0.6 is 11.8 Å². The van der Waals surface area contributed by atoms with Crippen LogP contribution in [0, 0.1) is 0 Å². The highest BCUT2D eigenvalue weighted by Crippen LogP contribution is 2.28. The number of hydrogen-bond acceptors (Lipinski definition) is 5. The van der Waals surface area contributed by atoms with Crippen LogP contribution < -0.4 is 0 Å². The van der Waals surface area contributed by atoms with E-state index >= 15 is 0 Å². The Bertz CT molecular complexity index is 730. The van der Waals surface area contributed by atoms with E-state index in [0.29, 0.717) is 28.2 Å². The molecule has 108 valence electrons. The summed E-state index contributed by atoms with van der Waals surface area (Å²) in [5, 5.41) is 9.84. The maximum atomic E-state index is 11.3. The lowest BCUT2D eigenvalue weighted by Gasteiger charge is -2.00. The number of fused-ring (bicyclic) bond motifs is 1. The van der Waals surface area contributed by atoms with Gasteiger partial charge in [-0.1, -0.05) is 18.2 Å². The van der Waals surface area contributed by atoms with Gasteiger partial charge >= 0.3 is 5.97 Å². The fourth-order valence-corrected chi connectivity index (χ4v) is 4.02. The minimum atomic E-state index is -3.00. The van der Waals surface area contributed by atoms with Gasteiger partial charge in [0.1, 0.15) is 26.7 Å². The van der Waals surface area contributed by atoms with Crippen LogP contribution in [-0.4, -0.2) is 37.3 Å². The van der Waals surface area contributed by atoms with E-state index in [2.05, 4.69) is 0 Å². The molecule has 0 aliphatic rings. The van der Waals surface area contributed by atoms with Crippen LogP contribution in [0.1, 0.15) is 16.1 Å². The molecule has 0 saturated heterocycles. The molecule has 5 nitrogen and oxygen atoms in total. The van der Waals surface area contributed by atoms with Crippen molar-refractivity contribution in [1.29, 1.82) is 0 Å². The van der Waals surface area contributed by atoms with E-state index in [9.17, 15) is 18.3 Å². The molecule has 0 aliphatic heterocycles. The Balaban J connectivity index is 2.17. The zero-order chi connectivity index (χ0) is 14.8. The van der Waals surface area contributed by atoms with Crippen LogP contribution in [0.15, 0.2) is 28.7 Å². The molecule has 20 heavy (non-hydrogen) atoms. The summed E-state index contributed by atoms with van der Waals surface area (Å²) in [6.45, 7) is 0. The first-order valence-corrected chi connectivity index (χ1v) is 9.09. The molecule has 7 heteroatoms. The zero-order valence-electron chi connectivity index (χ0n) is 10.8. The summed E-state index contributed by atoms with van der Waals surface area (Å²) in [5.74, 6) is 0.159. The summed E-state index contributed by atoms with van der Waals surface area (Å²) < 4.78 is 27.6. The third-order valence-corrected chi connectivity index (χ3v) is 4.88. The van der Waals surface area contributed by atoms with Gasteiger partial charge in [-0.3, -0.25) is 0 Å². The van der Waals surface area contributed by atoms with Gasteiger partial charge in [0.25, 0.3) is 0 Å². The Hall–Kier alpha value is -1.47. The van der Waals surface area contributed by atoms with Crippen molar-refractivity contribution in [2.24, 2.45) is 0 Å². The van der Waals surface area contributed by atoms with Crippen molar-refractivity contribution >= 4 is 38.5 Å². The van der Waals surface area contributed by atoms with Crippen LogP contribution in [0.25, 0.3) is 11.0 Å². The predicted molar refractivity (Wildman–Crippen MR) is 79.0 cm³/mol. The lowest BCUT2D eigenvalue weighted by molar-refractivity contribution is 0.0696. The van der Waals surface area contributed by atoms with Crippen molar-refractivity contribution in [2.45, 2.75) is 5.75 Å². The third kappa shape index (κ3) is 3.55. The standard InChI is InChI=1S/C13H14O5S2/c1-20(16,17)7-6-19-8-11-12(13(14)15)9-4-2-3-5-10(9)18-11/h2-5H,6-8H2,1H3,(H,14,15). The number of aromatic carboxylic acids is 1. The van der Waals surface area contributed by atoms with Gasteiger partial charge in [-0.05, 0) is 6.07 Å². The molecule has 0 aliphatic carbocycles. The van der Waals surface area contributed by atoms with E-state index in [-0.39, 0.29) is 11.3 Å². The lowest BCUT2D eigenvalue weighted by Crippen LogP contribution is -2.05. The minimum absolute atomic E-state index is 0.0697. The molecule has 1 aromatic carbocycles. The minimum Gasteiger partial charge on any atom is -0.478 e. The quantitative estimate of drug-likeness (QED) is 0.824. The molecule has 2 aromatic rings. The largest absolute Gasteiger partial charge is 0.478 e. The lowest BCUT2D eigenvalue weighted by atomic mass is 10.1. The smallest absolute Gasteiger partial charge is 0.339 e. The van der Waals surface area contributed by atoms with Crippen LogP contribution in [0.2, 0.25) is 0 Å². The van der Waals surface area contributed by atoms with Crippen molar-refractivity contribution in [3.05, 3.63) is 35.6 Å². The first-order valence-electron chi connectivity index (χ1n) is 5.87. The van der Waals surface area contributed by atoms with E-state index in [4.69, 9.17) is 4.42 Å². The number of para-hydroxylation sites is 1. The number of benzene rings is 1. The first kappa shape index (κ1) is 14.9. The van der Waals surface area contributed by atoms with Crippen molar-refractivity contribution in [3.63, 3.8) is 0 Å². The van der Waals surface area contributed by atoms with Crippen molar-refractivity contribution in [3.8, 4) is 0 Å². The molecule has 1 heterocycles. The van der Waals surface area contributed by atoms with Gasteiger partial charge in [-0.25, -0.2) is 13.2 Å². The van der Waals surface area contributed by atoms with Crippen molar-refractivity contribution in [2.75, 3.05) is 17.8 Å². The van der Waals surface area contributed by atoms with E-state index in [1.807, 2.05) is 0 Å². The molecule has 0 radical (unpaired) electrons. The average Bonchev–Trinajstić information content (AvgIpc) is 2.71. The van der Waals surface area contributed by atoms with Crippen molar-refractivity contribution in [1.82, 2.24) is 0 Å². The second kappa shape index (κ2) is 5.88. The van der Waals surface area contributed by atoms with Crippen molar-refractivity contribution < 1.29 is 22.7 Å². The number of carboxylic acid groups (broad SMARTS) is 1. The van der Waals surface area contributed by atoms with Gasteiger partial charge in [0.15, 0.2) is 0 Å². The molecule has 0 unspecified atom stereocenters. The molecule has 0 atom stereocenters. The fourth-order valence-electron chi connectivity index (χ4n) is 1.81. The van der Waals surface area contributed by atoms with Gasteiger partial charge in [0.05, 0.1) is 11.5 Å². The monoisotopic (exact) mass is 314 g/mol. The van der Waals surface area contributed by atoms with Crippen LogP contribution in [0.3, 0.4) is 0 Å². The molecular weight excluding hydrogens is 300 g/mol. The Kier molecular flexibility index (Phi) is 4.39. The summed E-state index contributed by atoms with van der Waals surface area (Å²) in [6, 6.07) is 6.95. The van der Waals surface area contributed by atoms with Gasteiger partial charge in [0.2, 0.25) is 0 Å². The second-order valence-corrected chi connectivity index (χ2v) is 7.75. The molecule has 1 N–H and O–H groups in total. The maximum Gasteiger partial charge on any atom is 0.339 e. The van der Waals surface area contributed by atoms with Gasteiger partial charge in [-0.2, -0.15) is 11.8 Å². The molecule has 0 spiro atoms. The van der Waals surface area contributed by atoms with E-state index in [1.54, 1.807) is 24.3 Å². The number of sulfone groups is 1. The number of carboxylic acids is 1. The molecular formula is C13H14O5S2. The summed E-state index contributed by atoms with van der Waals surface area (Å²) >= 11 is 1.34. The highest BCUT2D eigenvalue weighted by Gasteiger charge is 2.19. The third-order valence-electron chi connectivity index (χ3n) is 2.71. The molecule has 2 rings (SSSR count).